The minimum absolute atomic E-state index is 0.284. The van der Waals surface area contributed by atoms with Gasteiger partial charge in [-0.05, 0) is 44.0 Å². The second kappa shape index (κ2) is 7.63. The van der Waals surface area contributed by atoms with E-state index in [1.807, 2.05) is 19.1 Å². The van der Waals surface area contributed by atoms with Gasteiger partial charge in [0.1, 0.15) is 5.82 Å². The van der Waals surface area contributed by atoms with Gasteiger partial charge in [-0.1, -0.05) is 17.7 Å². The van der Waals surface area contributed by atoms with Crippen molar-refractivity contribution in [1.82, 2.24) is 4.98 Å². The van der Waals surface area contributed by atoms with Crippen LogP contribution in [0.2, 0.25) is 0 Å². The van der Waals surface area contributed by atoms with Crippen molar-refractivity contribution < 1.29 is 13.2 Å². The van der Waals surface area contributed by atoms with Gasteiger partial charge in [-0.2, -0.15) is 0 Å². The second-order valence-corrected chi connectivity index (χ2v) is 7.30. The van der Waals surface area contributed by atoms with E-state index in [2.05, 4.69) is 15.0 Å². The third-order valence-electron chi connectivity index (χ3n) is 3.51. The fourth-order valence-corrected chi connectivity index (χ4v) is 4.10. The lowest BCUT2D eigenvalue weighted by atomic mass is 10.1. The fraction of sp³-hybridized carbons (Fsp3) is 0.353. The van der Waals surface area contributed by atoms with Gasteiger partial charge >= 0.3 is 0 Å². The van der Waals surface area contributed by atoms with E-state index in [0.717, 1.165) is 22.4 Å². The maximum atomic E-state index is 12.7. The quantitative estimate of drug-likeness (QED) is 0.751. The van der Waals surface area contributed by atoms with E-state index >= 15 is 0 Å². The van der Waals surface area contributed by atoms with Crippen molar-refractivity contribution in [3.8, 4) is 0 Å². The second-order valence-electron chi connectivity index (χ2n) is 5.69. The lowest BCUT2D eigenvalue weighted by molar-refractivity contribution is 0.211. The van der Waals surface area contributed by atoms with Gasteiger partial charge in [0.05, 0.1) is 23.4 Å². The van der Waals surface area contributed by atoms with Crippen molar-refractivity contribution in [2.24, 2.45) is 0 Å². The summed E-state index contributed by atoms with van der Waals surface area (Å²) < 4.78 is 32.8. The van der Waals surface area contributed by atoms with Crippen LogP contribution in [0.25, 0.3) is 0 Å². The molecule has 24 heavy (non-hydrogen) atoms. The van der Waals surface area contributed by atoms with Crippen LogP contribution in [0, 0.1) is 20.8 Å². The summed E-state index contributed by atoms with van der Waals surface area (Å²) in [4.78, 5) is 4.45. The molecule has 0 aliphatic rings. The van der Waals surface area contributed by atoms with Crippen molar-refractivity contribution in [2.75, 3.05) is 30.3 Å². The zero-order valence-electron chi connectivity index (χ0n) is 14.4. The van der Waals surface area contributed by atoms with Crippen molar-refractivity contribution >= 4 is 21.5 Å². The monoisotopic (exact) mass is 349 g/mol. The van der Waals surface area contributed by atoms with E-state index in [9.17, 15) is 8.42 Å². The molecule has 0 unspecified atom stereocenters. The Kier molecular flexibility index (Phi) is 5.80. The Balaban J connectivity index is 2.18. The molecule has 0 saturated carbocycles. The molecule has 0 amide bonds. The van der Waals surface area contributed by atoms with Crippen molar-refractivity contribution in [3.63, 3.8) is 0 Å². The van der Waals surface area contributed by atoms with Crippen molar-refractivity contribution in [2.45, 2.75) is 25.7 Å². The number of pyridine rings is 1. The van der Waals surface area contributed by atoms with Crippen LogP contribution in [-0.4, -0.2) is 33.7 Å². The lowest BCUT2D eigenvalue weighted by Crippen LogP contribution is -2.17. The average Bonchev–Trinajstić information content (AvgIpc) is 2.47. The number of ether oxygens (including phenoxy) is 1. The molecule has 0 spiro atoms. The number of nitrogens with zero attached hydrogens (tertiary/aromatic N) is 1. The molecule has 1 aromatic heterocycles. The molecule has 7 heteroatoms. The van der Waals surface area contributed by atoms with Gasteiger partial charge < -0.3 is 10.1 Å². The van der Waals surface area contributed by atoms with Crippen LogP contribution in [0.15, 0.2) is 35.4 Å². The molecule has 0 aliphatic heterocycles. The molecule has 0 fully saturated rings. The molecule has 6 nitrogen and oxygen atoms in total. The number of aromatic nitrogens is 1. The largest absolute Gasteiger partial charge is 0.383 e. The zero-order valence-corrected chi connectivity index (χ0v) is 15.2. The fourth-order valence-electron chi connectivity index (χ4n) is 2.64. The molecular weight excluding hydrogens is 326 g/mol. The number of hydrogen-bond acceptors (Lipinski definition) is 5. The maximum Gasteiger partial charge on any atom is 0.263 e. The van der Waals surface area contributed by atoms with Gasteiger partial charge in [0.2, 0.25) is 0 Å². The number of rotatable bonds is 7. The summed E-state index contributed by atoms with van der Waals surface area (Å²) in [5.41, 5.74) is 3.28. The molecule has 2 aromatic rings. The highest BCUT2D eigenvalue weighted by molar-refractivity contribution is 7.92. The highest BCUT2D eigenvalue weighted by atomic mass is 32.2. The van der Waals surface area contributed by atoms with Gasteiger partial charge in [-0.3, -0.25) is 4.72 Å². The average molecular weight is 349 g/mol. The molecule has 1 aromatic carbocycles. The molecule has 0 bridgehead atoms. The Hall–Kier alpha value is -2.12. The van der Waals surface area contributed by atoms with Crippen LogP contribution in [0.5, 0.6) is 0 Å². The molecule has 0 radical (unpaired) electrons. The first-order chi connectivity index (χ1) is 11.3. The third kappa shape index (κ3) is 4.46. The van der Waals surface area contributed by atoms with E-state index in [1.54, 1.807) is 39.3 Å². The number of sulfonamides is 1. The highest BCUT2D eigenvalue weighted by Crippen LogP contribution is 2.24. The van der Waals surface area contributed by atoms with E-state index in [0.29, 0.717) is 18.0 Å². The summed E-state index contributed by atoms with van der Waals surface area (Å²) in [6.07, 6.45) is 1.59. The van der Waals surface area contributed by atoms with Crippen LogP contribution in [0.4, 0.5) is 11.5 Å². The summed E-state index contributed by atoms with van der Waals surface area (Å²) >= 11 is 0. The summed E-state index contributed by atoms with van der Waals surface area (Å²) in [6, 6.07) is 7.12. The first-order valence-electron chi connectivity index (χ1n) is 7.63. The normalized spacial score (nSPS) is 11.3. The van der Waals surface area contributed by atoms with Gasteiger partial charge in [0, 0.05) is 13.7 Å². The number of nitrogens with one attached hydrogen (secondary N) is 2. The SMILES string of the molecule is COCCNc1ccc(NS(=O)(=O)c2c(C)cc(C)cc2C)nc1. The molecule has 0 aliphatic carbocycles. The number of methoxy groups -OCH3 is 1. The zero-order chi connectivity index (χ0) is 17.7. The molecular formula is C17H23N3O3S. The molecule has 130 valence electrons. The van der Waals surface area contributed by atoms with Crippen LogP contribution < -0.4 is 10.0 Å². The maximum absolute atomic E-state index is 12.7. The standard InChI is InChI=1S/C17H23N3O3S/c1-12-9-13(2)17(14(3)10-12)24(21,22)20-16-6-5-15(11-19-16)18-7-8-23-4/h5-6,9-11,18H,7-8H2,1-4H3,(H,19,20). The highest BCUT2D eigenvalue weighted by Gasteiger charge is 2.20. The van der Waals surface area contributed by atoms with E-state index in [1.165, 1.54) is 0 Å². The predicted molar refractivity (Wildman–Crippen MR) is 96.1 cm³/mol. The van der Waals surface area contributed by atoms with Gasteiger partial charge in [0.15, 0.2) is 0 Å². The molecule has 2 rings (SSSR count). The van der Waals surface area contributed by atoms with Crippen LogP contribution in [0.1, 0.15) is 16.7 Å². The minimum atomic E-state index is -3.68. The van der Waals surface area contributed by atoms with E-state index in [4.69, 9.17) is 4.74 Å². The Bertz CT molecular complexity index is 779. The Labute approximate surface area is 143 Å². The number of benzene rings is 1. The van der Waals surface area contributed by atoms with Gasteiger partial charge in [-0.25, -0.2) is 13.4 Å². The molecule has 0 atom stereocenters. The molecule has 1 heterocycles. The third-order valence-corrected chi connectivity index (χ3v) is 5.17. The predicted octanol–water partition coefficient (Wildman–Crippen LogP) is 2.87. The number of aryl methyl sites for hydroxylation is 3. The van der Waals surface area contributed by atoms with Crippen molar-refractivity contribution in [3.05, 3.63) is 47.2 Å². The van der Waals surface area contributed by atoms with E-state index in [-0.39, 0.29) is 5.82 Å². The summed E-state index contributed by atoms with van der Waals surface area (Å²) in [7, 11) is -2.05. The molecule has 2 N–H and O–H groups in total. The van der Waals surface area contributed by atoms with E-state index < -0.39 is 10.0 Å². The first-order valence-corrected chi connectivity index (χ1v) is 9.11. The van der Waals surface area contributed by atoms with Crippen LogP contribution in [-0.2, 0) is 14.8 Å². The summed E-state index contributed by atoms with van der Waals surface area (Å²) in [5, 5.41) is 3.13. The number of anilines is 2. The topological polar surface area (TPSA) is 80.3 Å². The van der Waals surface area contributed by atoms with Crippen LogP contribution >= 0.6 is 0 Å². The van der Waals surface area contributed by atoms with Gasteiger partial charge in [0.25, 0.3) is 10.0 Å². The Morgan fingerprint density at radius 1 is 1.12 bits per heavy atom. The lowest BCUT2D eigenvalue weighted by Gasteiger charge is -2.13. The minimum Gasteiger partial charge on any atom is -0.383 e. The molecule has 0 saturated heterocycles. The number of hydrogen-bond donors (Lipinski definition) is 2. The Morgan fingerprint density at radius 2 is 1.79 bits per heavy atom. The van der Waals surface area contributed by atoms with Crippen molar-refractivity contribution in [1.29, 1.82) is 0 Å². The van der Waals surface area contributed by atoms with Gasteiger partial charge in [-0.15, -0.1) is 0 Å². The van der Waals surface area contributed by atoms with Crippen LogP contribution in [0.3, 0.4) is 0 Å². The summed E-state index contributed by atoms with van der Waals surface area (Å²) in [6.45, 7) is 6.78. The summed E-state index contributed by atoms with van der Waals surface area (Å²) in [5.74, 6) is 0.284. The smallest absolute Gasteiger partial charge is 0.263 e. The Morgan fingerprint density at radius 3 is 2.33 bits per heavy atom. The first kappa shape index (κ1) is 18.2.